The summed E-state index contributed by atoms with van der Waals surface area (Å²) >= 11 is 0. The Bertz CT molecular complexity index is 485. The van der Waals surface area contributed by atoms with E-state index in [1.165, 1.54) is 27.8 Å². The summed E-state index contributed by atoms with van der Waals surface area (Å²) in [7, 11) is 3.81. The molecule has 0 atom stereocenters. The quantitative estimate of drug-likeness (QED) is 0.770. The molecule has 1 N–H and O–H groups in total. The Morgan fingerprint density at radius 3 is 1.62 bits per heavy atom. The number of hydrogen-bond donors (Lipinski definition) is 1. The summed E-state index contributed by atoms with van der Waals surface area (Å²) in [5, 5.41) is 4.35. The van der Waals surface area contributed by atoms with E-state index in [1.807, 2.05) is 14.1 Å². The molecule has 0 aliphatic rings. The maximum Gasteiger partial charge on any atom is 0.0836 e. The summed E-state index contributed by atoms with van der Waals surface area (Å²) in [5.74, 6) is 0. The minimum atomic E-state index is 1.08. The van der Waals surface area contributed by atoms with Gasteiger partial charge in [0.05, 0.1) is 11.0 Å². The van der Waals surface area contributed by atoms with E-state index in [-0.39, 0.29) is 0 Å². The van der Waals surface area contributed by atoms with Gasteiger partial charge in [-0.2, -0.15) is 0 Å². The molecule has 0 bridgehead atoms. The van der Waals surface area contributed by atoms with Crippen molar-refractivity contribution in [1.29, 1.82) is 0 Å². The van der Waals surface area contributed by atoms with Crippen molar-refractivity contribution in [2.24, 2.45) is 4.99 Å². The molecular formula is C14H22N2. The minimum Gasteiger partial charge on any atom is -0.386 e. The van der Waals surface area contributed by atoms with Crippen LogP contribution in [0.1, 0.15) is 27.8 Å². The molecule has 1 aromatic rings. The smallest absolute Gasteiger partial charge is 0.0836 e. The van der Waals surface area contributed by atoms with Gasteiger partial charge in [-0.1, -0.05) is 0 Å². The third-order valence-electron chi connectivity index (χ3n) is 3.69. The molecule has 0 saturated heterocycles. The zero-order valence-corrected chi connectivity index (χ0v) is 11.4. The second kappa shape index (κ2) is 4.69. The van der Waals surface area contributed by atoms with E-state index >= 15 is 0 Å². The van der Waals surface area contributed by atoms with Gasteiger partial charge < -0.3 is 5.32 Å². The first-order valence-corrected chi connectivity index (χ1v) is 5.67. The lowest BCUT2D eigenvalue weighted by Gasteiger charge is -2.05. The maximum atomic E-state index is 4.42. The van der Waals surface area contributed by atoms with Crippen LogP contribution in [0.2, 0.25) is 0 Å². The van der Waals surface area contributed by atoms with E-state index in [0.29, 0.717) is 0 Å². The molecule has 0 unspecified atom stereocenters. The van der Waals surface area contributed by atoms with Crippen LogP contribution in [-0.4, -0.2) is 14.1 Å². The zero-order valence-electron chi connectivity index (χ0n) is 11.4. The van der Waals surface area contributed by atoms with Crippen molar-refractivity contribution in [1.82, 2.24) is 0 Å². The highest BCUT2D eigenvalue weighted by atomic mass is 14.8. The summed E-state index contributed by atoms with van der Waals surface area (Å²) in [6.07, 6.45) is 0. The maximum absolute atomic E-state index is 4.42. The lowest BCUT2D eigenvalue weighted by atomic mass is 10.0. The van der Waals surface area contributed by atoms with Crippen molar-refractivity contribution in [3.63, 3.8) is 0 Å². The second-order valence-corrected chi connectivity index (χ2v) is 4.32. The van der Waals surface area contributed by atoms with Crippen LogP contribution in [0.5, 0.6) is 0 Å². The Balaban J connectivity index is 4.02. The highest BCUT2D eigenvalue weighted by molar-refractivity contribution is 5.57. The Morgan fingerprint density at radius 1 is 0.750 bits per heavy atom. The lowest BCUT2D eigenvalue weighted by molar-refractivity contribution is 1.18. The van der Waals surface area contributed by atoms with Gasteiger partial charge in [-0.05, 0) is 62.4 Å². The first-order valence-electron chi connectivity index (χ1n) is 5.67. The van der Waals surface area contributed by atoms with Crippen molar-refractivity contribution in [3.8, 4) is 0 Å². The van der Waals surface area contributed by atoms with Gasteiger partial charge in [0.15, 0.2) is 0 Å². The van der Waals surface area contributed by atoms with Gasteiger partial charge >= 0.3 is 0 Å². The Kier molecular flexibility index (Phi) is 3.74. The van der Waals surface area contributed by atoms with E-state index in [9.17, 15) is 0 Å². The number of nitrogens with zero attached hydrogens (tertiary/aromatic N) is 1. The van der Waals surface area contributed by atoms with Crippen LogP contribution < -0.4 is 10.7 Å². The predicted octanol–water partition coefficient (Wildman–Crippen LogP) is 2.80. The molecule has 16 heavy (non-hydrogen) atoms. The molecule has 0 aromatic heterocycles. The molecule has 0 aliphatic heterocycles. The highest BCUT2D eigenvalue weighted by Crippen LogP contribution is 2.20. The summed E-state index contributed by atoms with van der Waals surface area (Å²) in [4.78, 5) is 4.42. The van der Waals surface area contributed by atoms with Crippen LogP contribution in [0.25, 0.3) is 0 Å². The average molecular weight is 218 g/mol. The van der Waals surface area contributed by atoms with Gasteiger partial charge in [0, 0.05) is 14.1 Å². The SMILES string of the molecule is CN=c1c(C)c(C)c(C)c(C)c(C)c1NC. The van der Waals surface area contributed by atoms with Gasteiger partial charge in [-0.25, -0.2) is 0 Å². The van der Waals surface area contributed by atoms with E-state index in [4.69, 9.17) is 0 Å². The van der Waals surface area contributed by atoms with Crippen molar-refractivity contribution in [2.45, 2.75) is 34.6 Å². The highest BCUT2D eigenvalue weighted by Gasteiger charge is 2.09. The minimum absolute atomic E-state index is 1.08. The standard InChI is InChI=1S/C14H22N2/c1-8-9(2)11(4)13(15-6)14(16-7)12(5)10(8)3/h1-7H3,(H,15,16). The van der Waals surface area contributed by atoms with E-state index in [0.717, 1.165) is 11.0 Å². The summed E-state index contributed by atoms with van der Waals surface area (Å²) < 4.78 is 0. The van der Waals surface area contributed by atoms with E-state index < -0.39 is 0 Å². The van der Waals surface area contributed by atoms with Crippen molar-refractivity contribution < 1.29 is 0 Å². The number of nitrogens with one attached hydrogen (secondary N) is 1. The Hall–Kier alpha value is -1.31. The lowest BCUT2D eigenvalue weighted by Crippen LogP contribution is -2.12. The number of anilines is 1. The third-order valence-corrected chi connectivity index (χ3v) is 3.69. The molecule has 0 amide bonds. The predicted molar refractivity (Wildman–Crippen MR) is 71.2 cm³/mol. The van der Waals surface area contributed by atoms with Gasteiger partial charge in [0.25, 0.3) is 0 Å². The molecule has 0 radical (unpaired) electrons. The fraction of sp³-hybridized carbons (Fsp3) is 0.500. The zero-order chi connectivity index (χ0) is 12.5. The third kappa shape index (κ3) is 1.84. The second-order valence-electron chi connectivity index (χ2n) is 4.32. The van der Waals surface area contributed by atoms with Crippen molar-refractivity contribution in [3.05, 3.63) is 33.2 Å². The molecule has 2 nitrogen and oxygen atoms in total. The monoisotopic (exact) mass is 218 g/mol. The van der Waals surface area contributed by atoms with Crippen LogP contribution in [0.4, 0.5) is 5.69 Å². The van der Waals surface area contributed by atoms with Crippen LogP contribution >= 0.6 is 0 Å². The molecule has 0 aliphatic carbocycles. The van der Waals surface area contributed by atoms with Crippen LogP contribution in [0.15, 0.2) is 4.99 Å². The average Bonchev–Trinajstić information content (AvgIpc) is 2.35. The number of hydrogen-bond acceptors (Lipinski definition) is 2. The first-order chi connectivity index (χ1) is 7.45. The molecule has 0 fully saturated rings. The molecule has 0 saturated carbocycles. The van der Waals surface area contributed by atoms with E-state index in [2.05, 4.69) is 44.9 Å². The molecule has 0 spiro atoms. The first kappa shape index (κ1) is 12.8. The van der Waals surface area contributed by atoms with E-state index in [1.54, 1.807) is 0 Å². The Morgan fingerprint density at radius 2 is 1.19 bits per heavy atom. The fourth-order valence-corrected chi connectivity index (χ4v) is 2.16. The molecule has 1 rings (SSSR count). The largest absolute Gasteiger partial charge is 0.386 e. The molecule has 2 heteroatoms. The van der Waals surface area contributed by atoms with Gasteiger partial charge in [-0.3, -0.25) is 4.99 Å². The summed E-state index contributed by atoms with van der Waals surface area (Å²) in [6, 6.07) is 0. The summed E-state index contributed by atoms with van der Waals surface area (Å²) in [5.41, 5.74) is 7.75. The Labute approximate surface area is 98.4 Å². The van der Waals surface area contributed by atoms with Gasteiger partial charge in [0.2, 0.25) is 0 Å². The molecular weight excluding hydrogens is 196 g/mol. The molecule has 1 aromatic carbocycles. The number of rotatable bonds is 1. The van der Waals surface area contributed by atoms with Gasteiger partial charge in [-0.15, -0.1) is 0 Å². The van der Waals surface area contributed by atoms with Crippen LogP contribution in [0, 0.1) is 34.6 Å². The van der Waals surface area contributed by atoms with Crippen LogP contribution in [0.3, 0.4) is 0 Å². The summed E-state index contributed by atoms with van der Waals surface area (Å²) in [6.45, 7) is 10.8. The van der Waals surface area contributed by atoms with Crippen LogP contribution in [-0.2, 0) is 0 Å². The molecule has 88 valence electrons. The van der Waals surface area contributed by atoms with Crippen molar-refractivity contribution >= 4 is 5.69 Å². The van der Waals surface area contributed by atoms with Crippen molar-refractivity contribution in [2.75, 3.05) is 19.4 Å². The van der Waals surface area contributed by atoms with Gasteiger partial charge in [0.1, 0.15) is 0 Å². The molecule has 0 heterocycles. The normalized spacial score (nSPS) is 11.8. The fourth-order valence-electron chi connectivity index (χ4n) is 2.16. The topological polar surface area (TPSA) is 24.4 Å².